The van der Waals surface area contributed by atoms with Crippen LogP contribution in [0.25, 0.3) is 0 Å². The summed E-state index contributed by atoms with van der Waals surface area (Å²) >= 11 is 8.57. The first-order valence-corrected chi connectivity index (χ1v) is 39.9. The van der Waals surface area contributed by atoms with Gasteiger partial charge < -0.3 is 0 Å². The maximum absolute atomic E-state index is 13.9. The van der Waals surface area contributed by atoms with Gasteiger partial charge in [-0.15, -0.1) is 0 Å². The fourth-order valence-electron chi connectivity index (χ4n) is 9.63. The summed E-state index contributed by atoms with van der Waals surface area (Å²) in [7, 11) is 0. The molecule has 3 atom stereocenters. The number of thiol groups is 3. The van der Waals surface area contributed by atoms with Gasteiger partial charge in [-0.2, -0.15) is 0 Å². The van der Waals surface area contributed by atoms with E-state index < -0.39 is 55.3 Å². The van der Waals surface area contributed by atoms with Crippen LogP contribution >= 0.6 is 37.9 Å². The molecule has 0 radical (unpaired) electrons. The molecule has 0 aliphatic heterocycles. The van der Waals surface area contributed by atoms with Gasteiger partial charge in [0.15, 0.2) is 0 Å². The van der Waals surface area contributed by atoms with Gasteiger partial charge in [0.05, 0.1) is 0 Å². The molecule has 0 aromatic rings. The Kier molecular flexibility index (Phi) is 56.8. The van der Waals surface area contributed by atoms with Crippen LogP contribution in [0.1, 0.15) is 310 Å². The standard InChI is InChI=1S/3C21H40O2S.CH3.Sn/c3*1-2-3-4-5-6-7-8-9-10-11-12-13-14-15-16-17-18-20(19-24)21(22)23;;/h3*9-10,20,24H,2-8,11-19H2,1H3,(H,22,23);1H3;/q;;;;+3/p-3/b3*10-9-;;. The predicted molar refractivity (Wildman–Crippen MR) is 334 cm³/mol. The minimum atomic E-state index is -5.10. The van der Waals surface area contributed by atoms with Crippen molar-refractivity contribution in [3.05, 3.63) is 36.5 Å². The van der Waals surface area contributed by atoms with Crippen molar-refractivity contribution in [3.63, 3.8) is 0 Å². The molecule has 434 valence electrons. The van der Waals surface area contributed by atoms with Crippen molar-refractivity contribution >= 4 is 75.4 Å². The van der Waals surface area contributed by atoms with E-state index in [1.165, 1.54) is 193 Å². The van der Waals surface area contributed by atoms with E-state index in [0.29, 0.717) is 36.5 Å². The van der Waals surface area contributed by atoms with Crippen molar-refractivity contribution in [3.8, 4) is 0 Å². The van der Waals surface area contributed by atoms with Crippen LogP contribution in [-0.4, -0.2) is 54.8 Å². The average molecular weight is 1200 g/mol. The van der Waals surface area contributed by atoms with Crippen molar-refractivity contribution in [2.45, 2.75) is 315 Å². The topological polar surface area (TPSA) is 78.9 Å². The molecule has 0 N–H and O–H groups in total. The van der Waals surface area contributed by atoms with Gasteiger partial charge in [0.1, 0.15) is 0 Å². The van der Waals surface area contributed by atoms with E-state index in [2.05, 4.69) is 95.1 Å². The van der Waals surface area contributed by atoms with E-state index in [1.54, 1.807) is 4.94 Å². The van der Waals surface area contributed by atoms with E-state index in [4.69, 9.17) is 9.22 Å². The first kappa shape index (κ1) is 73.5. The summed E-state index contributed by atoms with van der Waals surface area (Å²) < 4.78 is 18.4. The fraction of sp³-hybridized carbons (Fsp3) is 0.859. The summed E-state index contributed by atoms with van der Waals surface area (Å²) in [5, 5.41) is 0. The molecule has 0 rings (SSSR count). The van der Waals surface area contributed by atoms with Gasteiger partial charge in [0, 0.05) is 0 Å². The van der Waals surface area contributed by atoms with Crippen LogP contribution in [0.5, 0.6) is 0 Å². The SMILES string of the molecule is CCCCCCCC/C=C\CCCCCCCCC(CS)C(=O)[O][Sn]([CH3])([O]C(=O)C(CS)CCCCCCCC/C=C\CCCCCCCC)[O]C(=O)C(CS)CCCCCCCC/C=C\CCCCCCCC. The zero-order valence-corrected chi connectivity index (χ0v) is 54.5. The van der Waals surface area contributed by atoms with Gasteiger partial charge in [0.25, 0.3) is 0 Å². The minimum absolute atomic E-state index is 0.318. The molecule has 0 bridgehead atoms. The maximum atomic E-state index is 13.9. The van der Waals surface area contributed by atoms with Crippen LogP contribution in [0.4, 0.5) is 0 Å². The zero-order valence-electron chi connectivity index (χ0n) is 48.9. The number of carbonyl (C=O) groups excluding carboxylic acids is 3. The van der Waals surface area contributed by atoms with E-state index in [-0.39, 0.29) is 0 Å². The van der Waals surface area contributed by atoms with Gasteiger partial charge in [0.2, 0.25) is 0 Å². The summed E-state index contributed by atoms with van der Waals surface area (Å²) in [4.78, 5) is 43.2. The van der Waals surface area contributed by atoms with Crippen molar-refractivity contribution in [2.24, 2.45) is 17.8 Å². The quantitative estimate of drug-likeness (QED) is 0.0244. The van der Waals surface area contributed by atoms with Crippen LogP contribution < -0.4 is 0 Å². The molecule has 6 nitrogen and oxygen atoms in total. The second kappa shape index (κ2) is 57.2. The second-order valence-electron chi connectivity index (χ2n) is 21.9. The third-order valence-corrected chi connectivity index (χ3v) is 20.9. The van der Waals surface area contributed by atoms with E-state index in [0.717, 1.165) is 77.0 Å². The molecule has 0 aliphatic rings. The molecule has 0 amide bonds. The second-order valence-corrected chi connectivity index (χ2v) is 29.7. The van der Waals surface area contributed by atoms with E-state index in [9.17, 15) is 14.4 Å². The van der Waals surface area contributed by atoms with Crippen molar-refractivity contribution in [1.29, 1.82) is 0 Å². The molecule has 0 saturated carbocycles. The van der Waals surface area contributed by atoms with Crippen LogP contribution in [0.2, 0.25) is 4.94 Å². The Labute approximate surface area is 481 Å². The molecule has 0 saturated heterocycles. The van der Waals surface area contributed by atoms with Crippen LogP contribution in [-0.2, 0) is 23.6 Å². The molecule has 0 fully saturated rings. The Morgan fingerprint density at radius 2 is 0.486 bits per heavy atom. The molecule has 0 spiro atoms. The van der Waals surface area contributed by atoms with Crippen LogP contribution in [0.3, 0.4) is 0 Å². The molecule has 0 heterocycles. The Balaban J connectivity index is 5.12. The van der Waals surface area contributed by atoms with Gasteiger partial charge in [-0.05, 0) is 38.5 Å². The molecule has 3 unspecified atom stereocenters. The Hall–Kier alpha value is -0.521. The van der Waals surface area contributed by atoms with Crippen molar-refractivity contribution in [2.75, 3.05) is 17.3 Å². The van der Waals surface area contributed by atoms with Gasteiger partial charge in [-0.1, -0.05) is 135 Å². The summed E-state index contributed by atoms with van der Waals surface area (Å²) in [6.45, 7) is 6.80. The van der Waals surface area contributed by atoms with E-state index >= 15 is 0 Å². The summed E-state index contributed by atoms with van der Waals surface area (Å²) in [6, 6.07) is 0. The molecule has 10 heteroatoms. The average Bonchev–Trinajstić information content (AvgIpc) is 3.38. The third-order valence-electron chi connectivity index (χ3n) is 14.7. The van der Waals surface area contributed by atoms with Crippen molar-refractivity contribution < 1.29 is 23.6 Å². The Morgan fingerprint density at radius 1 is 0.311 bits per heavy atom. The molecular weight excluding hydrogens is 1080 g/mol. The monoisotopic (exact) mass is 1200 g/mol. The van der Waals surface area contributed by atoms with Gasteiger partial charge in [-0.25, -0.2) is 0 Å². The van der Waals surface area contributed by atoms with Crippen LogP contribution in [0.15, 0.2) is 36.5 Å². The summed E-state index contributed by atoms with van der Waals surface area (Å²) in [5.74, 6) is -1.87. The number of allylic oxidation sites excluding steroid dienone is 6. The first-order valence-electron chi connectivity index (χ1n) is 31.7. The molecular formula is C64H120O6S3Sn. The summed E-state index contributed by atoms with van der Waals surface area (Å²) in [6.07, 6.45) is 67.5. The van der Waals surface area contributed by atoms with Crippen molar-refractivity contribution in [1.82, 2.24) is 0 Å². The smallest absolute Gasteiger partial charge is 0.0885 e. The predicted octanol–water partition coefficient (Wildman–Crippen LogP) is 21.1. The Morgan fingerprint density at radius 3 is 0.676 bits per heavy atom. The number of carbonyl (C=O) groups is 3. The molecule has 0 aromatic heterocycles. The molecule has 0 aliphatic carbocycles. The minimum Gasteiger partial charge on any atom is -0.0885 e. The normalized spacial score (nSPS) is 14.0. The number of hydrogen-bond donors (Lipinski definition) is 3. The first-order chi connectivity index (χ1) is 36.2. The van der Waals surface area contributed by atoms with Crippen LogP contribution in [0, 0.1) is 17.8 Å². The number of rotatable bonds is 57. The molecule has 74 heavy (non-hydrogen) atoms. The van der Waals surface area contributed by atoms with Gasteiger partial charge >= 0.3 is 311 Å². The number of unbranched alkanes of at least 4 members (excludes halogenated alkanes) is 36. The molecule has 0 aromatic carbocycles. The van der Waals surface area contributed by atoms with E-state index in [1.807, 2.05) is 0 Å². The number of hydrogen-bond acceptors (Lipinski definition) is 9. The van der Waals surface area contributed by atoms with Gasteiger partial charge in [-0.3, -0.25) is 0 Å². The fourth-order valence-corrected chi connectivity index (χ4v) is 15.5. The Bertz CT molecular complexity index is 1190. The summed E-state index contributed by atoms with van der Waals surface area (Å²) in [5.41, 5.74) is 0. The third kappa shape index (κ3) is 47.5. The zero-order chi connectivity index (χ0) is 54.3.